The van der Waals surface area contributed by atoms with Crippen LogP contribution in [0.3, 0.4) is 0 Å². The second kappa shape index (κ2) is 6.53. The van der Waals surface area contributed by atoms with E-state index >= 15 is 0 Å². The molecule has 0 radical (unpaired) electrons. The molecule has 2 aromatic rings. The first-order valence-electron chi connectivity index (χ1n) is 9.42. The minimum Gasteiger partial charge on any atom is -0.295 e. The molecule has 2 bridgehead atoms. The van der Waals surface area contributed by atoms with Crippen LogP contribution < -0.4 is 5.32 Å². The zero-order valence-electron chi connectivity index (χ0n) is 15.5. The van der Waals surface area contributed by atoms with Gasteiger partial charge in [-0.1, -0.05) is 6.08 Å². The second-order valence-electron chi connectivity index (χ2n) is 7.69. The Bertz CT molecular complexity index is 1190. The maximum absolute atomic E-state index is 13.7. The van der Waals surface area contributed by atoms with Gasteiger partial charge in [-0.25, -0.2) is 8.78 Å². The molecule has 3 aliphatic rings. The number of nitro benzene ring substituents is 2. The highest BCUT2D eigenvalue weighted by atomic mass is 19.1. The van der Waals surface area contributed by atoms with E-state index in [1.54, 1.807) is 0 Å². The molecule has 152 valence electrons. The van der Waals surface area contributed by atoms with Gasteiger partial charge in [0.1, 0.15) is 11.6 Å². The summed E-state index contributed by atoms with van der Waals surface area (Å²) >= 11 is 0. The van der Waals surface area contributed by atoms with Gasteiger partial charge in [0.25, 0.3) is 11.4 Å². The van der Waals surface area contributed by atoms with Gasteiger partial charge in [0.15, 0.2) is 0 Å². The van der Waals surface area contributed by atoms with Gasteiger partial charge in [0, 0.05) is 0 Å². The third-order valence-electron chi connectivity index (χ3n) is 6.15. The minimum atomic E-state index is -0.712. The van der Waals surface area contributed by atoms with E-state index in [0.29, 0.717) is 11.1 Å². The highest BCUT2D eigenvalue weighted by Crippen LogP contribution is 2.58. The Morgan fingerprint density at radius 3 is 2.03 bits per heavy atom. The Kier molecular flexibility index (Phi) is 4.04. The maximum atomic E-state index is 13.7. The number of rotatable bonds is 4. The van der Waals surface area contributed by atoms with Gasteiger partial charge in [0.05, 0.1) is 45.2 Å². The lowest BCUT2D eigenvalue weighted by Gasteiger charge is -2.22. The zero-order chi connectivity index (χ0) is 21.2. The highest BCUT2D eigenvalue weighted by Gasteiger charge is 2.48. The molecule has 3 unspecified atom stereocenters. The van der Waals surface area contributed by atoms with Crippen LogP contribution in [0, 0.1) is 37.8 Å². The Balaban J connectivity index is 1.67. The lowest BCUT2D eigenvalue weighted by Crippen LogP contribution is -2.24. The summed E-state index contributed by atoms with van der Waals surface area (Å²) in [7, 11) is 0. The molecule has 0 aromatic heterocycles. The Labute approximate surface area is 169 Å². The number of allylic oxidation sites excluding steroid dienone is 1. The van der Waals surface area contributed by atoms with Crippen LogP contribution in [0.15, 0.2) is 59.2 Å². The summed E-state index contributed by atoms with van der Waals surface area (Å²) in [6, 6.07) is 5.69. The number of benzene rings is 2. The van der Waals surface area contributed by atoms with Gasteiger partial charge in [-0.2, -0.15) is 0 Å². The van der Waals surface area contributed by atoms with Crippen molar-refractivity contribution in [3.8, 4) is 0 Å². The third-order valence-corrected chi connectivity index (χ3v) is 6.15. The fourth-order valence-electron chi connectivity index (χ4n) is 5.00. The van der Waals surface area contributed by atoms with Crippen LogP contribution in [0.25, 0.3) is 0 Å². The molecule has 1 aliphatic heterocycles. The number of nitrogens with one attached hydrogen (secondary N) is 1. The molecule has 2 aromatic carbocycles. The van der Waals surface area contributed by atoms with Crippen LogP contribution in [-0.2, 0) is 0 Å². The smallest absolute Gasteiger partial charge is 0.277 e. The van der Waals surface area contributed by atoms with Crippen molar-refractivity contribution in [2.45, 2.75) is 24.9 Å². The molecule has 0 saturated carbocycles. The normalized spacial score (nSPS) is 24.2. The molecule has 3 atom stereocenters. The summed E-state index contributed by atoms with van der Waals surface area (Å²) in [5.41, 5.74) is 2.81. The minimum absolute atomic E-state index is 0.140. The first kappa shape index (κ1) is 18.6. The number of hydrogen-bond acceptors (Lipinski definition) is 5. The van der Waals surface area contributed by atoms with Gasteiger partial charge in [-0.05, 0) is 59.7 Å². The Hall–Kier alpha value is -3.46. The molecule has 0 spiro atoms. The molecule has 9 heteroatoms. The fraction of sp³-hybridized carbons (Fsp3) is 0.238. The van der Waals surface area contributed by atoms with Gasteiger partial charge in [0.2, 0.25) is 0 Å². The first-order chi connectivity index (χ1) is 14.3. The van der Waals surface area contributed by atoms with Gasteiger partial charge in [-0.15, -0.1) is 0 Å². The summed E-state index contributed by atoms with van der Waals surface area (Å²) in [5.74, 6) is -1.28. The van der Waals surface area contributed by atoms with Gasteiger partial charge in [-0.3, -0.25) is 25.5 Å². The van der Waals surface area contributed by atoms with E-state index in [4.69, 9.17) is 0 Å². The number of hydrogen-bond donors (Lipinski definition) is 1. The molecule has 0 fully saturated rings. The van der Waals surface area contributed by atoms with Crippen LogP contribution in [0.2, 0.25) is 0 Å². The maximum Gasteiger partial charge on any atom is 0.277 e. The predicted molar refractivity (Wildman–Crippen MR) is 103 cm³/mol. The van der Waals surface area contributed by atoms with Crippen LogP contribution in [0.4, 0.5) is 20.2 Å². The lowest BCUT2D eigenvalue weighted by atomic mass is 9.87. The summed E-state index contributed by atoms with van der Waals surface area (Å²) in [6.07, 6.45) is 3.64. The van der Waals surface area contributed by atoms with Crippen molar-refractivity contribution in [1.29, 1.82) is 0 Å². The quantitative estimate of drug-likeness (QED) is 0.575. The van der Waals surface area contributed by atoms with E-state index in [0.717, 1.165) is 41.7 Å². The molecular weight excluding hydrogens is 396 g/mol. The molecule has 7 nitrogen and oxygen atoms in total. The largest absolute Gasteiger partial charge is 0.295 e. The van der Waals surface area contributed by atoms with Crippen LogP contribution in [0.5, 0.6) is 0 Å². The van der Waals surface area contributed by atoms with E-state index in [9.17, 15) is 29.0 Å². The van der Waals surface area contributed by atoms with Crippen LogP contribution in [0.1, 0.15) is 36.1 Å². The lowest BCUT2D eigenvalue weighted by molar-refractivity contribution is -0.386. The summed E-state index contributed by atoms with van der Waals surface area (Å²) in [5, 5.41) is 26.4. The van der Waals surface area contributed by atoms with Gasteiger partial charge >= 0.3 is 0 Å². The first-order valence-corrected chi connectivity index (χ1v) is 9.42. The van der Waals surface area contributed by atoms with Crippen molar-refractivity contribution in [2.24, 2.45) is 5.92 Å². The Morgan fingerprint density at radius 1 is 0.900 bits per heavy atom. The van der Waals surface area contributed by atoms with E-state index in [-0.39, 0.29) is 17.3 Å². The SMILES string of the molecule is O=[N+]([O-])c1cc(F)ccc1C1NC(c2ccc(F)cc2[N+](=O)[O-])C2=C1C1=CCC2C1. The number of nitrogens with zero attached hydrogens (tertiary/aromatic N) is 2. The summed E-state index contributed by atoms with van der Waals surface area (Å²) in [6.45, 7) is 0. The van der Waals surface area contributed by atoms with E-state index < -0.39 is 33.6 Å². The topological polar surface area (TPSA) is 98.3 Å². The monoisotopic (exact) mass is 411 g/mol. The molecule has 1 heterocycles. The number of nitro groups is 2. The van der Waals surface area contributed by atoms with Crippen molar-refractivity contribution < 1.29 is 18.6 Å². The van der Waals surface area contributed by atoms with Crippen LogP contribution >= 0.6 is 0 Å². The summed E-state index contributed by atoms with van der Waals surface area (Å²) in [4.78, 5) is 21.9. The molecule has 5 rings (SSSR count). The van der Waals surface area contributed by atoms with Crippen molar-refractivity contribution in [3.63, 3.8) is 0 Å². The molecule has 1 N–H and O–H groups in total. The van der Waals surface area contributed by atoms with E-state index in [2.05, 4.69) is 11.4 Å². The van der Waals surface area contributed by atoms with E-state index in [1.165, 1.54) is 24.3 Å². The number of fused-ring (bicyclic) bond motifs is 4. The van der Waals surface area contributed by atoms with Crippen molar-refractivity contribution >= 4 is 11.4 Å². The number of halogens is 2. The standard InChI is InChI=1S/C21H15F2N3O4/c22-12-3-5-14(16(8-12)25(27)28)20-18-10-1-2-11(7-10)19(18)21(24-20)15-6-4-13(23)9-17(15)26(29)30/h1,3-6,8-9,11,20-21,24H,2,7H2. The summed E-state index contributed by atoms with van der Waals surface area (Å²) < 4.78 is 27.4. The second-order valence-corrected chi connectivity index (χ2v) is 7.69. The molecule has 30 heavy (non-hydrogen) atoms. The highest BCUT2D eigenvalue weighted by molar-refractivity contribution is 5.62. The van der Waals surface area contributed by atoms with Crippen LogP contribution in [-0.4, -0.2) is 9.85 Å². The molecule has 0 saturated heterocycles. The fourth-order valence-corrected chi connectivity index (χ4v) is 5.00. The van der Waals surface area contributed by atoms with Crippen molar-refractivity contribution in [1.82, 2.24) is 5.32 Å². The van der Waals surface area contributed by atoms with Gasteiger partial charge < -0.3 is 0 Å². The average molecular weight is 411 g/mol. The Morgan fingerprint density at radius 2 is 1.47 bits per heavy atom. The predicted octanol–water partition coefficient (Wildman–Crippen LogP) is 4.81. The molecular formula is C21H15F2N3O4. The van der Waals surface area contributed by atoms with Crippen molar-refractivity contribution in [3.05, 3.63) is 102 Å². The molecule has 2 aliphatic carbocycles. The zero-order valence-corrected chi connectivity index (χ0v) is 15.5. The average Bonchev–Trinajstić information content (AvgIpc) is 3.40. The van der Waals surface area contributed by atoms with Crippen molar-refractivity contribution in [2.75, 3.05) is 0 Å². The van der Waals surface area contributed by atoms with E-state index in [1.807, 2.05) is 0 Å². The third kappa shape index (κ3) is 2.66. The molecule has 0 amide bonds.